The molecule has 0 spiro atoms. The van der Waals surface area contributed by atoms with Crippen LogP contribution in [0.4, 0.5) is 0 Å². The van der Waals surface area contributed by atoms with Crippen molar-refractivity contribution in [1.29, 1.82) is 0 Å². The van der Waals surface area contributed by atoms with Gasteiger partial charge in [0.25, 0.3) is 0 Å². The third kappa shape index (κ3) is 4.33. The van der Waals surface area contributed by atoms with Crippen molar-refractivity contribution in [3.8, 4) is 0 Å². The smallest absolute Gasteiger partial charge is 0.234 e. The maximum atomic E-state index is 11.2. The van der Waals surface area contributed by atoms with E-state index in [1.165, 1.54) is 11.1 Å². The van der Waals surface area contributed by atoms with Gasteiger partial charge in [0.1, 0.15) is 0 Å². The van der Waals surface area contributed by atoms with E-state index in [1.54, 1.807) is 0 Å². The Morgan fingerprint density at radius 3 is 2.53 bits per heavy atom. The van der Waals surface area contributed by atoms with Gasteiger partial charge in [-0.15, -0.1) is 0 Å². The summed E-state index contributed by atoms with van der Waals surface area (Å²) in [6.45, 7) is 5.25. The SMILES string of the molecule is Cc1ccc(CN2CCC(CC(=O)NN)CC2)cc1. The first-order valence-electron chi connectivity index (χ1n) is 6.94. The molecule has 1 aromatic rings. The molecule has 104 valence electrons. The van der Waals surface area contributed by atoms with Crippen molar-refractivity contribution in [1.82, 2.24) is 10.3 Å². The van der Waals surface area contributed by atoms with Gasteiger partial charge < -0.3 is 0 Å². The maximum absolute atomic E-state index is 11.2. The van der Waals surface area contributed by atoms with E-state index in [9.17, 15) is 4.79 Å². The summed E-state index contributed by atoms with van der Waals surface area (Å²) in [5.41, 5.74) is 4.88. The lowest BCUT2D eigenvalue weighted by molar-refractivity contribution is -0.122. The first-order chi connectivity index (χ1) is 9.17. The summed E-state index contributed by atoms with van der Waals surface area (Å²) in [5.74, 6) is 5.56. The Morgan fingerprint density at radius 1 is 1.32 bits per heavy atom. The monoisotopic (exact) mass is 261 g/mol. The predicted molar refractivity (Wildman–Crippen MR) is 76.1 cm³/mol. The molecule has 1 amide bonds. The molecule has 19 heavy (non-hydrogen) atoms. The Bertz CT molecular complexity index is 408. The number of carbonyl (C=O) groups excluding carboxylic acids is 1. The number of rotatable bonds is 4. The fraction of sp³-hybridized carbons (Fsp3) is 0.533. The normalized spacial score (nSPS) is 17.4. The van der Waals surface area contributed by atoms with E-state index in [-0.39, 0.29) is 5.91 Å². The molecular weight excluding hydrogens is 238 g/mol. The number of hydrazine groups is 1. The van der Waals surface area contributed by atoms with E-state index >= 15 is 0 Å². The highest BCUT2D eigenvalue weighted by Crippen LogP contribution is 2.21. The van der Waals surface area contributed by atoms with Gasteiger partial charge in [0.05, 0.1) is 0 Å². The van der Waals surface area contributed by atoms with Gasteiger partial charge in [0.15, 0.2) is 0 Å². The highest BCUT2D eigenvalue weighted by molar-refractivity contribution is 5.75. The molecule has 3 N–H and O–H groups in total. The minimum Gasteiger partial charge on any atom is -0.299 e. The van der Waals surface area contributed by atoms with E-state index in [1.807, 2.05) is 0 Å². The molecule has 0 aliphatic carbocycles. The van der Waals surface area contributed by atoms with Gasteiger partial charge in [0.2, 0.25) is 5.91 Å². The summed E-state index contributed by atoms with van der Waals surface area (Å²) in [4.78, 5) is 13.7. The molecule has 2 rings (SSSR count). The first-order valence-corrected chi connectivity index (χ1v) is 6.94. The summed E-state index contributed by atoms with van der Waals surface area (Å²) in [7, 11) is 0. The Balaban J connectivity index is 1.77. The number of hydrogen-bond acceptors (Lipinski definition) is 3. The number of benzene rings is 1. The Hall–Kier alpha value is -1.39. The topological polar surface area (TPSA) is 58.4 Å². The van der Waals surface area contributed by atoms with E-state index in [4.69, 9.17) is 5.84 Å². The number of amides is 1. The summed E-state index contributed by atoms with van der Waals surface area (Å²) in [6, 6.07) is 8.72. The average Bonchev–Trinajstić information content (AvgIpc) is 2.43. The molecule has 1 aliphatic rings. The standard InChI is InChI=1S/C15H23N3O/c1-12-2-4-14(5-3-12)11-18-8-6-13(7-9-18)10-15(19)17-16/h2-5,13H,6-11,16H2,1H3,(H,17,19). The van der Waals surface area contributed by atoms with Gasteiger partial charge in [0, 0.05) is 13.0 Å². The summed E-state index contributed by atoms with van der Waals surface area (Å²) in [5, 5.41) is 0. The lowest BCUT2D eigenvalue weighted by atomic mass is 9.93. The van der Waals surface area contributed by atoms with Crippen LogP contribution in [-0.2, 0) is 11.3 Å². The second kappa shape index (κ2) is 6.68. The highest BCUT2D eigenvalue weighted by Gasteiger charge is 2.21. The van der Waals surface area contributed by atoms with E-state index in [0.717, 1.165) is 32.5 Å². The third-order valence-electron chi connectivity index (χ3n) is 3.87. The molecule has 0 aromatic heterocycles. The Labute approximate surface area is 114 Å². The van der Waals surface area contributed by atoms with Crippen LogP contribution in [0.5, 0.6) is 0 Å². The van der Waals surface area contributed by atoms with Gasteiger partial charge >= 0.3 is 0 Å². The van der Waals surface area contributed by atoms with Gasteiger partial charge in [-0.3, -0.25) is 15.1 Å². The van der Waals surface area contributed by atoms with E-state index < -0.39 is 0 Å². The minimum absolute atomic E-state index is 0.0445. The zero-order chi connectivity index (χ0) is 13.7. The van der Waals surface area contributed by atoms with Crippen LogP contribution in [0.1, 0.15) is 30.4 Å². The molecule has 0 saturated carbocycles. The molecule has 0 bridgehead atoms. The van der Waals surface area contributed by atoms with Crippen molar-refractivity contribution in [2.75, 3.05) is 13.1 Å². The molecule has 1 saturated heterocycles. The molecule has 1 aromatic carbocycles. The molecule has 1 fully saturated rings. The zero-order valence-electron chi connectivity index (χ0n) is 11.6. The van der Waals surface area contributed by atoms with Crippen LogP contribution in [0.25, 0.3) is 0 Å². The third-order valence-corrected chi connectivity index (χ3v) is 3.87. The quantitative estimate of drug-likeness (QED) is 0.491. The molecule has 1 heterocycles. The molecule has 4 heteroatoms. The fourth-order valence-corrected chi connectivity index (χ4v) is 2.62. The van der Waals surface area contributed by atoms with Gasteiger partial charge in [-0.1, -0.05) is 29.8 Å². The molecule has 4 nitrogen and oxygen atoms in total. The number of hydrogen-bond donors (Lipinski definition) is 2. The first kappa shape index (κ1) is 14.0. The maximum Gasteiger partial charge on any atom is 0.234 e. The van der Waals surface area contributed by atoms with Crippen molar-refractivity contribution in [3.63, 3.8) is 0 Å². The fourth-order valence-electron chi connectivity index (χ4n) is 2.62. The van der Waals surface area contributed by atoms with Crippen LogP contribution in [0, 0.1) is 12.8 Å². The summed E-state index contributed by atoms with van der Waals surface area (Å²) >= 11 is 0. The van der Waals surface area contributed by atoms with E-state index in [2.05, 4.69) is 41.5 Å². The van der Waals surface area contributed by atoms with E-state index in [0.29, 0.717) is 12.3 Å². The van der Waals surface area contributed by atoms with Crippen LogP contribution in [0.3, 0.4) is 0 Å². The lowest BCUT2D eigenvalue weighted by Crippen LogP contribution is -2.37. The number of nitrogens with one attached hydrogen (secondary N) is 1. The van der Waals surface area contributed by atoms with Crippen molar-refractivity contribution in [2.24, 2.45) is 11.8 Å². The Morgan fingerprint density at radius 2 is 1.95 bits per heavy atom. The molecule has 0 unspecified atom stereocenters. The number of aryl methyl sites for hydroxylation is 1. The number of nitrogens with zero attached hydrogens (tertiary/aromatic N) is 1. The minimum atomic E-state index is -0.0445. The van der Waals surface area contributed by atoms with Crippen LogP contribution in [-0.4, -0.2) is 23.9 Å². The second-order valence-corrected chi connectivity index (χ2v) is 5.48. The van der Waals surface area contributed by atoms with Gasteiger partial charge in [-0.05, 0) is 44.3 Å². The van der Waals surface area contributed by atoms with Crippen LogP contribution in [0.15, 0.2) is 24.3 Å². The van der Waals surface area contributed by atoms with Crippen LogP contribution in [0.2, 0.25) is 0 Å². The summed E-state index contributed by atoms with van der Waals surface area (Å²) < 4.78 is 0. The number of nitrogens with two attached hydrogens (primary N) is 1. The number of carbonyl (C=O) groups is 1. The van der Waals surface area contributed by atoms with Crippen molar-refractivity contribution in [2.45, 2.75) is 32.7 Å². The Kier molecular flexibility index (Phi) is 4.93. The highest BCUT2D eigenvalue weighted by atomic mass is 16.2. The number of piperidine rings is 1. The van der Waals surface area contributed by atoms with Gasteiger partial charge in [-0.25, -0.2) is 5.84 Å². The van der Waals surface area contributed by atoms with Gasteiger partial charge in [-0.2, -0.15) is 0 Å². The summed E-state index contributed by atoms with van der Waals surface area (Å²) in [6.07, 6.45) is 2.73. The van der Waals surface area contributed by atoms with Crippen molar-refractivity contribution < 1.29 is 4.79 Å². The number of likely N-dealkylation sites (tertiary alicyclic amines) is 1. The van der Waals surface area contributed by atoms with Crippen molar-refractivity contribution in [3.05, 3.63) is 35.4 Å². The predicted octanol–water partition coefficient (Wildman–Crippen LogP) is 1.59. The van der Waals surface area contributed by atoms with Crippen LogP contribution >= 0.6 is 0 Å². The molecule has 0 atom stereocenters. The van der Waals surface area contributed by atoms with Crippen molar-refractivity contribution >= 4 is 5.91 Å². The molecule has 1 aliphatic heterocycles. The largest absolute Gasteiger partial charge is 0.299 e. The lowest BCUT2D eigenvalue weighted by Gasteiger charge is -2.31. The molecular formula is C15H23N3O. The average molecular weight is 261 g/mol. The van der Waals surface area contributed by atoms with Crippen LogP contribution < -0.4 is 11.3 Å². The second-order valence-electron chi connectivity index (χ2n) is 5.48. The zero-order valence-corrected chi connectivity index (χ0v) is 11.6. The molecule has 0 radical (unpaired) electrons.